The molecule has 1 heterocycles. The quantitative estimate of drug-likeness (QED) is 0.517. The topological polar surface area (TPSA) is 78.4 Å². The van der Waals surface area contributed by atoms with Crippen molar-refractivity contribution in [2.24, 2.45) is 17.8 Å². The number of amides is 1. The lowest BCUT2D eigenvalue weighted by atomic mass is 9.68. The Bertz CT molecular complexity index is 1080. The molecule has 2 aliphatic rings. The second-order valence-corrected chi connectivity index (χ2v) is 9.37. The number of anilines is 2. The highest BCUT2D eigenvalue weighted by atomic mass is 35.5. The number of hydrogen-bond donors (Lipinski definition) is 3. The number of halogens is 1. The summed E-state index contributed by atoms with van der Waals surface area (Å²) in [4.78, 5) is 24.5. The number of fused-ring (bicyclic) bond motifs is 1. The molecule has 0 saturated heterocycles. The van der Waals surface area contributed by atoms with Crippen LogP contribution in [0.5, 0.6) is 0 Å². The summed E-state index contributed by atoms with van der Waals surface area (Å²) >= 11 is 6.05. The second-order valence-electron chi connectivity index (χ2n) is 8.97. The van der Waals surface area contributed by atoms with Crippen LogP contribution < -0.4 is 10.6 Å². The maximum absolute atomic E-state index is 13.0. The Balaban J connectivity index is 1.76. The van der Waals surface area contributed by atoms with E-state index >= 15 is 0 Å². The van der Waals surface area contributed by atoms with Gasteiger partial charge in [-0.05, 0) is 48.9 Å². The smallest absolute Gasteiger partial charge is 0.337 e. The predicted molar refractivity (Wildman–Crippen MR) is 125 cm³/mol. The Labute approximate surface area is 187 Å². The Morgan fingerprint density at radius 3 is 2.68 bits per heavy atom. The van der Waals surface area contributed by atoms with Gasteiger partial charge in [0.1, 0.15) is 0 Å². The first-order valence-electron chi connectivity index (χ1n) is 10.7. The number of carboxylic acids is 1. The fourth-order valence-corrected chi connectivity index (χ4v) is 5.33. The van der Waals surface area contributed by atoms with E-state index in [0.717, 1.165) is 35.4 Å². The molecule has 3 unspecified atom stereocenters. The molecule has 1 saturated carbocycles. The number of carbonyl (C=O) groups excluding carboxylic acids is 1. The van der Waals surface area contributed by atoms with E-state index in [1.165, 1.54) is 5.57 Å². The van der Waals surface area contributed by atoms with E-state index in [4.69, 9.17) is 11.6 Å². The Kier molecular flexibility index (Phi) is 5.80. The van der Waals surface area contributed by atoms with Crippen molar-refractivity contribution in [3.05, 3.63) is 64.2 Å². The third kappa shape index (κ3) is 4.07. The van der Waals surface area contributed by atoms with Crippen molar-refractivity contribution in [1.82, 2.24) is 0 Å². The van der Waals surface area contributed by atoms with E-state index in [0.29, 0.717) is 11.8 Å². The molecule has 1 aliphatic heterocycles. The van der Waals surface area contributed by atoms with Gasteiger partial charge in [0.15, 0.2) is 0 Å². The van der Waals surface area contributed by atoms with Gasteiger partial charge < -0.3 is 15.7 Å². The van der Waals surface area contributed by atoms with Gasteiger partial charge in [0.05, 0.1) is 10.6 Å². The summed E-state index contributed by atoms with van der Waals surface area (Å²) < 4.78 is 0. The van der Waals surface area contributed by atoms with Crippen LogP contribution in [0.25, 0.3) is 5.57 Å². The monoisotopic (exact) mass is 438 g/mol. The van der Waals surface area contributed by atoms with Gasteiger partial charge in [-0.3, -0.25) is 4.79 Å². The predicted octanol–water partition coefficient (Wildman–Crippen LogP) is 5.93. The number of rotatable bonds is 4. The van der Waals surface area contributed by atoms with Gasteiger partial charge in [0.25, 0.3) is 5.91 Å². The van der Waals surface area contributed by atoms with Crippen LogP contribution >= 0.6 is 11.6 Å². The van der Waals surface area contributed by atoms with Gasteiger partial charge in [0, 0.05) is 34.5 Å². The molecular weight excluding hydrogens is 412 g/mol. The zero-order valence-corrected chi connectivity index (χ0v) is 18.7. The van der Waals surface area contributed by atoms with Gasteiger partial charge in [-0.25, -0.2) is 4.79 Å². The standard InChI is InChI=1S/C25H27ClN2O3/c1-13(2)22-18(23-16-6-4-5-7-20(16)28-24(23)29)10-14(3)11-21(22)27-15-8-9-19(26)17(12-15)25(30)31/h4-9,12-14,21-22,27H,10-11H2,1-3H3,(H,28,29)(H,30,31). The largest absolute Gasteiger partial charge is 0.478 e. The minimum atomic E-state index is -1.05. The van der Waals surface area contributed by atoms with E-state index in [1.807, 2.05) is 30.3 Å². The normalized spacial score (nSPS) is 25.3. The molecule has 1 aliphatic carbocycles. The Hall–Kier alpha value is -2.79. The number of nitrogens with one attached hydrogen (secondary N) is 2. The molecule has 1 fully saturated rings. The lowest BCUT2D eigenvalue weighted by Gasteiger charge is -2.41. The molecule has 4 rings (SSSR count). The van der Waals surface area contributed by atoms with Crippen LogP contribution in [-0.2, 0) is 4.79 Å². The molecule has 0 radical (unpaired) electrons. The molecule has 0 spiro atoms. The van der Waals surface area contributed by atoms with Crippen molar-refractivity contribution in [1.29, 1.82) is 0 Å². The van der Waals surface area contributed by atoms with Crippen LogP contribution in [0, 0.1) is 17.8 Å². The first-order chi connectivity index (χ1) is 14.8. The highest BCUT2D eigenvalue weighted by Gasteiger charge is 2.39. The number of aromatic carboxylic acids is 1. The Morgan fingerprint density at radius 1 is 1.23 bits per heavy atom. The third-order valence-electron chi connectivity index (χ3n) is 6.32. The van der Waals surface area contributed by atoms with E-state index in [1.54, 1.807) is 12.1 Å². The van der Waals surface area contributed by atoms with Crippen LogP contribution in [0.2, 0.25) is 5.02 Å². The zero-order chi connectivity index (χ0) is 22.3. The molecule has 2 aromatic carbocycles. The van der Waals surface area contributed by atoms with Gasteiger partial charge in [-0.15, -0.1) is 0 Å². The summed E-state index contributed by atoms with van der Waals surface area (Å²) in [5.74, 6) is -0.240. The van der Waals surface area contributed by atoms with E-state index in [2.05, 4.69) is 31.4 Å². The lowest BCUT2D eigenvalue weighted by Crippen LogP contribution is -2.40. The maximum Gasteiger partial charge on any atom is 0.337 e. The summed E-state index contributed by atoms with van der Waals surface area (Å²) in [6.07, 6.45) is 1.81. The zero-order valence-electron chi connectivity index (χ0n) is 17.9. The average Bonchev–Trinajstić information content (AvgIpc) is 3.04. The van der Waals surface area contributed by atoms with Crippen LogP contribution in [0.4, 0.5) is 11.4 Å². The molecular formula is C25H27ClN2O3. The van der Waals surface area contributed by atoms with Gasteiger partial charge in [-0.1, -0.05) is 56.1 Å². The highest BCUT2D eigenvalue weighted by Crippen LogP contribution is 2.45. The van der Waals surface area contributed by atoms with Crippen molar-refractivity contribution in [3.8, 4) is 0 Å². The van der Waals surface area contributed by atoms with Crippen molar-refractivity contribution in [2.45, 2.75) is 39.7 Å². The van der Waals surface area contributed by atoms with Gasteiger partial charge in [0.2, 0.25) is 0 Å². The van der Waals surface area contributed by atoms with Crippen LogP contribution in [0.3, 0.4) is 0 Å². The lowest BCUT2D eigenvalue weighted by molar-refractivity contribution is -0.110. The maximum atomic E-state index is 13.0. The highest BCUT2D eigenvalue weighted by molar-refractivity contribution is 6.33. The summed E-state index contributed by atoms with van der Waals surface area (Å²) in [7, 11) is 0. The fourth-order valence-electron chi connectivity index (χ4n) is 5.13. The molecule has 3 atom stereocenters. The van der Waals surface area contributed by atoms with Crippen molar-refractivity contribution in [2.75, 3.05) is 10.6 Å². The molecule has 31 heavy (non-hydrogen) atoms. The van der Waals surface area contributed by atoms with Crippen molar-refractivity contribution < 1.29 is 14.7 Å². The second kappa shape index (κ2) is 8.39. The van der Waals surface area contributed by atoms with Crippen molar-refractivity contribution >= 4 is 40.4 Å². The van der Waals surface area contributed by atoms with Crippen molar-refractivity contribution in [3.63, 3.8) is 0 Å². The van der Waals surface area contributed by atoms with Crippen LogP contribution in [0.15, 0.2) is 48.0 Å². The van der Waals surface area contributed by atoms with Crippen LogP contribution in [0.1, 0.15) is 49.5 Å². The summed E-state index contributed by atoms with van der Waals surface area (Å²) in [6.45, 7) is 6.56. The molecule has 0 aromatic heterocycles. The number of carbonyl (C=O) groups is 2. The summed E-state index contributed by atoms with van der Waals surface area (Å²) in [6, 6.07) is 12.9. The fraction of sp³-hybridized carbons (Fsp3) is 0.360. The third-order valence-corrected chi connectivity index (χ3v) is 6.65. The summed E-state index contributed by atoms with van der Waals surface area (Å²) in [5, 5.41) is 16.2. The Morgan fingerprint density at radius 2 is 1.97 bits per heavy atom. The molecule has 162 valence electrons. The van der Waals surface area contributed by atoms with E-state index < -0.39 is 5.97 Å². The first kappa shape index (κ1) is 21.4. The molecule has 1 amide bonds. The molecule has 5 nitrogen and oxygen atoms in total. The SMILES string of the molecule is CC1CC(=C2C(=O)Nc3ccccc32)C(C(C)C)C(Nc2ccc(Cl)c(C(=O)O)c2)C1. The van der Waals surface area contributed by atoms with Gasteiger partial charge >= 0.3 is 5.97 Å². The first-order valence-corrected chi connectivity index (χ1v) is 11.1. The van der Waals surface area contributed by atoms with E-state index in [-0.39, 0.29) is 28.5 Å². The molecule has 2 aromatic rings. The minimum Gasteiger partial charge on any atom is -0.478 e. The van der Waals surface area contributed by atoms with E-state index in [9.17, 15) is 14.7 Å². The number of benzene rings is 2. The number of hydrogen-bond acceptors (Lipinski definition) is 3. The molecule has 0 bridgehead atoms. The van der Waals surface area contributed by atoms with Crippen LogP contribution in [-0.4, -0.2) is 23.0 Å². The minimum absolute atomic E-state index is 0.0330. The number of para-hydroxylation sites is 1. The average molecular weight is 439 g/mol. The summed E-state index contributed by atoms with van der Waals surface area (Å²) in [5.41, 5.74) is 4.63. The number of carboxylic acid groups (broad SMARTS) is 1. The molecule has 6 heteroatoms. The molecule has 3 N–H and O–H groups in total. The van der Waals surface area contributed by atoms with Gasteiger partial charge in [-0.2, -0.15) is 0 Å².